The van der Waals surface area contributed by atoms with Crippen molar-refractivity contribution in [1.29, 1.82) is 0 Å². The Labute approximate surface area is 178 Å². The molecule has 0 saturated carbocycles. The third kappa shape index (κ3) is 2.78. The second-order valence-corrected chi connectivity index (χ2v) is 7.32. The number of nitrogens with one attached hydrogen (secondary N) is 1. The first-order valence-electron chi connectivity index (χ1n) is 10.0. The number of allylic oxidation sites excluding steroid dienone is 2. The van der Waals surface area contributed by atoms with Crippen molar-refractivity contribution in [2.24, 2.45) is 25.9 Å². The van der Waals surface area contributed by atoms with E-state index < -0.39 is 0 Å². The van der Waals surface area contributed by atoms with Crippen LogP contribution in [0.3, 0.4) is 0 Å². The Bertz CT molecular complexity index is 1290. The molecule has 1 N–H and O–H groups in total. The minimum Gasteiger partial charge on any atom is -0.181 e. The maximum atomic E-state index is 4.53. The molecule has 1 unspecified atom stereocenters. The molecule has 0 bridgehead atoms. The van der Waals surface area contributed by atoms with E-state index in [0.717, 1.165) is 44.8 Å². The van der Waals surface area contributed by atoms with Crippen molar-refractivity contribution in [2.75, 3.05) is 0 Å². The molecule has 6 rings (SSSR count). The van der Waals surface area contributed by atoms with Crippen LogP contribution in [0.25, 0.3) is 16.7 Å². The Balaban J connectivity index is 1.77. The Morgan fingerprint density at radius 1 is 0.645 bits per heavy atom. The standard InChI is InChI=1S/C24H17N7/c1-4-10-16(11-5-1)19-20(17-12-6-2-7-13-17)22-24-23(21(19)18-14-8-3-9-15-18)26-28-30-31(24)29-27-25-22/h1-15,24H,(H,25,29). The van der Waals surface area contributed by atoms with Crippen LogP contribution >= 0.6 is 0 Å². The van der Waals surface area contributed by atoms with Gasteiger partial charge in [-0.3, -0.25) is 0 Å². The van der Waals surface area contributed by atoms with Crippen molar-refractivity contribution >= 4 is 22.4 Å². The Morgan fingerprint density at radius 2 is 1.19 bits per heavy atom. The van der Waals surface area contributed by atoms with Crippen LogP contribution in [0.2, 0.25) is 0 Å². The van der Waals surface area contributed by atoms with Gasteiger partial charge in [-0.05, 0) is 27.1 Å². The number of benzene rings is 3. The van der Waals surface area contributed by atoms with Crippen LogP contribution in [0, 0.1) is 0 Å². The molecule has 0 aromatic heterocycles. The predicted molar refractivity (Wildman–Crippen MR) is 119 cm³/mol. The van der Waals surface area contributed by atoms with Gasteiger partial charge < -0.3 is 0 Å². The van der Waals surface area contributed by atoms with E-state index in [9.17, 15) is 0 Å². The third-order valence-corrected chi connectivity index (χ3v) is 5.56. The fourth-order valence-corrected chi connectivity index (χ4v) is 4.28. The van der Waals surface area contributed by atoms with E-state index in [4.69, 9.17) is 0 Å². The predicted octanol–water partition coefficient (Wildman–Crippen LogP) is 5.32. The monoisotopic (exact) mass is 403 g/mol. The van der Waals surface area contributed by atoms with Crippen molar-refractivity contribution in [3.63, 3.8) is 0 Å². The van der Waals surface area contributed by atoms with Crippen molar-refractivity contribution in [3.05, 3.63) is 113 Å². The van der Waals surface area contributed by atoms with Gasteiger partial charge in [0.1, 0.15) is 11.4 Å². The lowest BCUT2D eigenvalue weighted by Gasteiger charge is -2.38. The summed E-state index contributed by atoms with van der Waals surface area (Å²) in [7, 11) is 0. The van der Waals surface area contributed by atoms with E-state index in [1.807, 2.05) is 54.6 Å². The van der Waals surface area contributed by atoms with Crippen LogP contribution in [0.4, 0.5) is 0 Å². The zero-order valence-corrected chi connectivity index (χ0v) is 16.4. The molecule has 0 spiro atoms. The Morgan fingerprint density at radius 3 is 1.81 bits per heavy atom. The second kappa shape index (κ2) is 7.14. The van der Waals surface area contributed by atoms with Crippen LogP contribution in [0.5, 0.6) is 0 Å². The molecule has 31 heavy (non-hydrogen) atoms. The molecular formula is C24H17N7. The fourth-order valence-electron chi connectivity index (χ4n) is 4.28. The van der Waals surface area contributed by atoms with Gasteiger partial charge in [0, 0.05) is 16.7 Å². The van der Waals surface area contributed by atoms with Gasteiger partial charge in [0.25, 0.3) is 0 Å². The smallest absolute Gasteiger partial charge is 0.162 e. The van der Waals surface area contributed by atoms with Crippen molar-refractivity contribution in [1.82, 2.24) is 10.7 Å². The summed E-state index contributed by atoms with van der Waals surface area (Å²) in [5.74, 6) is 0. The number of hydrazine groups is 1. The van der Waals surface area contributed by atoms with E-state index in [-0.39, 0.29) is 6.04 Å². The van der Waals surface area contributed by atoms with E-state index >= 15 is 0 Å². The quantitative estimate of drug-likeness (QED) is 0.643. The molecule has 0 amide bonds. The molecule has 0 saturated heterocycles. The van der Waals surface area contributed by atoms with Gasteiger partial charge in [0.15, 0.2) is 6.04 Å². The summed E-state index contributed by atoms with van der Waals surface area (Å²) in [4.78, 5) is 0. The molecule has 0 fully saturated rings. The summed E-state index contributed by atoms with van der Waals surface area (Å²) in [6.07, 6.45) is 0. The second-order valence-electron chi connectivity index (χ2n) is 7.32. The van der Waals surface area contributed by atoms with Crippen LogP contribution in [0.15, 0.2) is 123 Å². The van der Waals surface area contributed by atoms with Gasteiger partial charge in [0.2, 0.25) is 0 Å². The molecule has 3 aliphatic rings. The normalized spacial score (nSPS) is 19.2. The lowest BCUT2D eigenvalue weighted by atomic mass is 9.76. The van der Waals surface area contributed by atoms with E-state index in [1.165, 1.54) is 0 Å². The van der Waals surface area contributed by atoms with Crippen LogP contribution in [-0.4, -0.2) is 16.9 Å². The van der Waals surface area contributed by atoms with Gasteiger partial charge in [-0.2, -0.15) is 10.7 Å². The first-order valence-corrected chi connectivity index (χ1v) is 10.0. The van der Waals surface area contributed by atoms with E-state index in [0.29, 0.717) is 0 Å². The largest absolute Gasteiger partial charge is 0.181 e. The SMILES string of the molecule is c1ccc(C2=C(c3ccccc3)C(c3ccccc3)=C3N=NNN4N=NN=C2C34)cc1. The van der Waals surface area contributed by atoms with Gasteiger partial charge in [-0.25, -0.2) is 0 Å². The fraction of sp³-hybridized carbons (Fsp3) is 0.0417. The van der Waals surface area contributed by atoms with Crippen LogP contribution < -0.4 is 5.53 Å². The Hall–Kier alpha value is -4.39. The number of hydrogen-bond acceptors (Lipinski definition) is 7. The molecule has 2 heterocycles. The molecule has 148 valence electrons. The topological polar surface area (TPSA) is 77.1 Å². The molecule has 7 nitrogen and oxygen atoms in total. The van der Waals surface area contributed by atoms with Gasteiger partial charge in [-0.15, -0.1) is 10.2 Å². The number of rotatable bonds is 3. The maximum Gasteiger partial charge on any atom is 0.162 e. The summed E-state index contributed by atoms with van der Waals surface area (Å²) < 4.78 is 0. The Kier molecular flexibility index (Phi) is 4.02. The maximum absolute atomic E-state index is 4.53. The lowest BCUT2D eigenvalue weighted by molar-refractivity contribution is 0.142. The first kappa shape index (κ1) is 17.5. The van der Waals surface area contributed by atoms with E-state index in [2.05, 4.69) is 67.8 Å². The van der Waals surface area contributed by atoms with E-state index in [1.54, 1.807) is 5.12 Å². The first-order chi connectivity index (χ1) is 15.4. The highest BCUT2D eigenvalue weighted by Gasteiger charge is 2.43. The summed E-state index contributed by atoms with van der Waals surface area (Å²) in [5, 5.41) is 22.9. The number of nitrogens with zero attached hydrogens (tertiary/aromatic N) is 6. The number of hydrogen-bond donors (Lipinski definition) is 1. The highest BCUT2D eigenvalue weighted by molar-refractivity contribution is 6.41. The van der Waals surface area contributed by atoms with Gasteiger partial charge in [0.05, 0.1) is 0 Å². The van der Waals surface area contributed by atoms with Crippen LogP contribution in [-0.2, 0) is 0 Å². The summed E-state index contributed by atoms with van der Waals surface area (Å²) >= 11 is 0. The molecule has 2 aliphatic heterocycles. The highest BCUT2D eigenvalue weighted by Crippen LogP contribution is 2.47. The van der Waals surface area contributed by atoms with Crippen molar-refractivity contribution in [3.8, 4) is 0 Å². The molecule has 1 aliphatic carbocycles. The molecule has 7 heteroatoms. The minimum absolute atomic E-state index is 0.326. The summed E-state index contributed by atoms with van der Waals surface area (Å²) in [5.41, 5.74) is 10.7. The lowest BCUT2D eigenvalue weighted by Crippen LogP contribution is -2.50. The van der Waals surface area contributed by atoms with Crippen molar-refractivity contribution in [2.45, 2.75) is 6.04 Å². The third-order valence-electron chi connectivity index (χ3n) is 5.56. The molecule has 3 aromatic carbocycles. The van der Waals surface area contributed by atoms with Gasteiger partial charge in [-0.1, -0.05) is 96.2 Å². The molecule has 1 atom stereocenters. The zero-order valence-electron chi connectivity index (χ0n) is 16.4. The van der Waals surface area contributed by atoms with Crippen molar-refractivity contribution < 1.29 is 0 Å². The average Bonchev–Trinajstić information content (AvgIpc) is 2.86. The molecular weight excluding hydrogens is 386 g/mol. The van der Waals surface area contributed by atoms with Crippen LogP contribution in [0.1, 0.15) is 16.7 Å². The minimum atomic E-state index is -0.326. The zero-order chi connectivity index (χ0) is 20.6. The van der Waals surface area contributed by atoms with Gasteiger partial charge >= 0.3 is 0 Å². The highest BCUT2D eigenvalue weighted by atomic mass is 15.9. The average molecular weight is 403 g/mol. The molecule has 3 aromatic rings. The summed E-state index contributed by atoms with van der Waals surface area (Å²) in [6.45, 7) is 0. The summed E-state index contributed by atoms with van der Waals surface area (Å²) in [6, 6.07) is 30.6. The molecule has 0 radical (unpaired) electrons.